The Morgan fingerprint density at radius 1 is 1.20 bits per heavy atom. The Bertz CT molecular complexity index is 950. The molecule has 1 atom stereocenters. The van der Waals surface area contributed by atoms with Crippen molar-refractivity contribution in [2.45, 2.75) is 52.1 Å². The molecule has 1 fully saturated rings. The normalized spacial score (nSPS) is 18.8. The fourth-order valence-electron chi connectivity index (χ4n) is 4.25. The minimum Gasteiger partial charge on any atom is -0.330 e. The van der Waals surface area contributed by atoms with Gasteiger partial charge in [-0.25, -0.2) is 0 Å². The highest BCUT2D eigenvalue weighted by Gasteiger charge is 2.42. The summed E-state index contributed by atoms with van der Waals surface area (Å²) < 4.78 is 0. The zero-order chi connectivity index (χ0) is 21.5. The monoisotopic (exact) mass is 444 g/mol. The third-order valence-corrected chi connectivity index (χ3v) is 7.90. The molecule has 0 bridgehead atoms. The molecule has 2 heterocycles. The van der Waals surface area contributed by atoms with Gasteiger partial charge in [-0.05, 0) is 68.2 Å². The van der Waals surface area contributed by atoms with Crippen molar-refractivity contribution in [3.05, 3.63) is 57.3 Å². The number of hydrogen-bond donors (Lipinski definition) is 0. The average Bonchev–Trinajstić information content (AvgIpc) is 3.47. The van der Waals surface area contributed by atoms with Crippen LogP contribution in [0.2, 0.25) is 0 Å². The summed E-state index contributed by atoms with van der Waals surface area (Å²) in [5, 5.41) is 2.12. The van der Waals surface area contributed by atoms with Gasteiger partial charge in [-0.3, -0.25) is 9.59 Å². The van der Waals surface area contributed by atoms with E-state index in [1.807, 2.05) is 30.9 Å². The molecule has 2 aliphatic rings. The quantitative estimate of drug-likeness (QED) is 0.601. The van der Waals surface area contributed by atoms with E-state index in [1.165, 1.54) is 16.0 Å². The molecule has 0 N–H and O–H groups in total. The van der Waals surface area contributed by atoms with Crippen molar-refractivity contribution < 1.29 is 9.59 Å². The first kappa shape index (κ1) is 21.4. The molecule has 4 nitrogen and oxygen atoms in total. The van der Waals surface area contributed by atoms with Crippen LogP contribution in [0.15, 0.2) is 35.7 Å². The Kier molecular flexibility index (Phi) is 5.95. The van der Waals surface area contributed by atoms with E-state index in [4.69, 9.17) is 11.6 Å². The maximum absolute atomic E-state index is 13.6. The maximum Gasteiger partial charge on any atom is 0.243 e. The van der Waals surface area contributed by atoms with E-state index in [2.05, 4.69) is 30.5 Å². The number of rotatable bonds is 6. The Balaban J connectivity index is 1.64. The number of nitrogens with zero attached hydrogens (tertiary/aromatic N) is 2. The topological polar surface area (TPSA) is 40.6 Å². The van der Waals surface area contributed by atoms with Crippen LogP contribution in [0.1, 0.15) is 54.3 Å². The van der Waals surface area contributed by atoms with Crippen LogP contribution < -0.4 is 0 Å². The SMILES string of the molecule is Cc1ccccc1C1c2ccsc2CCN1C(=O)CN(C(=O)C(C)(C)CCl)C1CC1. The van der Waals surface area contributed by atoms with Crippen molar-refractivity contribution in [1.29, 1.82) is 0 Å². The van der Waals surface area contributed by atoms with E-state index < -0.39 is 5.41 Å². The summed E-state index contributed by atoms with van der Waals surface area (Å²) in [7, 11) is 0. The number of fused-ring (bicyclic) bond motifs is 1. The van der Waals surface area contributed by atoms with Gasteiger partial charge in [0.1, 0.15) is 6.54 Å². The van der Waals surface area contributed by atoms with Crippen molar-refractivity contribution in [1.82, 2.24) is 9.80 Å². The fourth-order valence-corrected chi connectivity index (χ4v) is 5.27. The molecule has 2 aromatic rings. The molecule has 0 spiro atoms. The summed E-state index contributed by atoms with van der Waals surface area (Å²) in [4.78, 5) is 31.8. The Hall–Kier alpha value is -1.85. The van der Waals surface area contributed by atoms with Crippen LogP contribution in [0, 0.1) is 12.3 Å². The van der Waals surface area contributed by atoms with Crippen molar-refractivity contribution >= 4 is 34.8 Å². The number of benzene rings is 1. The van der Waals surface area contributed by atoms with Gasteiger partial charge in [0.2, 0.25) is 11.8 Å². The Labute approximate surface area is 187 Å². The van der Waals surface area contributed by atoms with Crippen molar-refractivity contribution in [3.8, 4) is 0 Å². The zero-order valence-electron chi connectivity index (χ0n) is 17.9. The molecule has 1 saturated carbocycles. The van der Waals surface area contributed by atoms with Gasteiger partial charge in [0, 0.05) is 23.3 Å². The number of amides is 2. The molecule has 160 valence electrons. The third-order valence-electron chi connectivity index (χ3n) is 6.24. The second-order valence-corrected chi connectivity index (χ2v) is 10.3. The lowest BCUT2D eigenvalue weighted by molar-refractivity contribution is -0.146. The van der Waals surface area contributed by atoms with E-state index >= 15 is 0 Å². The highest BCUT2D eigenvalue weighted by molar-refractivity contribution is 7.10. The maximum atomic E-state index is 13.6. The minimum atomic E-state index is -0.664. The van der Waals surface area contributed by atoms with Crippen LogP contribution in [0.4, 0.5) is 0 Å². The molecule has 4 rings (SSSR count). The molecule has 1 unspecified atom stereocenters. The van der Waals surface area contributed by atoms with Crippen LogP contribution >= 0.6 is 22.9 Å². The lowest BCUT2D eigenvalue weighted by Crippen LogP contribution is -2.50. The van der Waals surface area contributed by atoms with Crippen molar-refractivity contribution in [2.75, 3.05) is 19.0 Å². The summed E-state index contributed by atoms with van der Waals surface area (Å²) in [6.07, 6.45) is 2.80. The number of hydrogen-bond acceptors (Lipinski definition) is 3. The number of carbonyl (C=O) groups is 2. The van der Waals surface area contributed by atoms with Crippen LogP contribution in [0.25, 0.3) is 0 Å². The van der Waals surface area contributed by atoms with Crippen molar-refractivity contribution in [3.63, 3.8) is 0 Å². The van der Waals surface area contributed by atoms with Gasteiger partial charge in [-0.15, -0.1) is 22.9 Å². The molecule has 30 heavy (non-hydrogen) atoms. The highest BCUT2D eigenvalue weighted by Crippen LogP contribution is 2.39. The second-order valence-electron chi connectivity index (χ2n) is 9.08. The molecule has 1 aliphatic heterocycles. The van der Waals surface area contributed by atoms with Crippen LogP contribution in [-0.2, 0) is 16.0 Å². The van der Waals surface area contributed by atoms with Gasteiger partial charge < -0.3 is 9.80 Å². The number of halogens is 1. The van der Waals surface area contributed by atoms with E-state index in [0.717, 1.165) is 24.8 Å². The summed E-state index contributed by atoms with van der Waals surface area (Å²) in [6.45, 7) is 6.62. The number of alkyl halides is 1. The number of thiophene rings is 1. The molecule has 0 radical (unpaired) electrons. The molecular weight excluding hydrogens is 416 g/mol. The molecule has 2 amide bonds. The van der Waals surface area contributed by atoms with E-state index in [1.54, 1.807) is 16.2 Å². The first-order chi connectivity index (χ1) is 14.3. The minimum absolute atomic E-state index is 0.0192. The van der Waals surface area contributed by atoms with Gasteiger partial charge in [-0.2, -0.15) is 0 Å². The van der Waals surface area contributed by atoms with Gasteiger partial charge in [0.15, 0.2) is 0 Å². The highest BCUT2D eigenvalue weighted by atomic mass is 35.5. The fraction of sp³-hybridized carbons (Fsp3) is 0.500. The van der Waals surface area contributed by atoms with E-state index in [0.29, 0.717) is 6.54 Å². The van der Waals surface area contributed by atoms with Gasteiger partial charge in [0.05, 0.1) is 11.5 Å². The number of aryl methyl sites for hydroxylation is 1. The largest absolute Gasteiger partial charge is 0.330 e. The molecule has 6 heteroatoms. The lowest BCUT2D eigenvalue weighted by Gasteiger charge is -2.39. The number of carbonyl (C=O) groups excluding carboxylic acids is 2. The Morgan fingerprint density at radius 3 is 2.60 bits per heavy atom. The van der Waals surface area contributed by atoms with Gasteiger partial charge in [-0.1, -0.05) is 24.3 Å². The third kappa shape index (κ3) is 4.02. The predicted octanol–water partition coefficient (Wildman–Crippen LogP) is 4.79. The first-order valence-electron chi connectivity index (χ1n) is 10.6. The predicted molar refractivity (Wildman–Crippen MR) is 122 cm³/mol. The second kappa shape index (κ2) is 8.35. The standard InChI is InChI=1S/C24H29ClN2O2S/c1-16-6-4-5-7-18(16)22-19-11-13-30-20(19)10-12-26(22)21(28)14-27(17-8-9-17)23(29)24(2,3)15-25/h4-7,11,13,17,22H,8-10,12,14-15H2,1-3H3. The smallest absolute Gasteiger partial charge is 0.243 e. The molecule has 1 aromatic heterocycles. The Morgan fingerprint density at radius 2 is 1.93 bits per heavy atom. The van der Waals surface area contributed by atoms with Crippen LogP contribution in [-0.4, -0.2) is 46.6 Å². The molecule has 1 aliphatic carbocycles. The molecular formula is C24H29ClN2O2S. The summed E-state index contributed by atoms with van der Waals surface area (Å²) in [6, 6.07) is 10.5. The van der Waals surface area contributed by atoms with Gasteiger partial charge >= 0.3 is 0 Å². The zero-order valence-corrected chi connectivity index (χ0v) is 19.4. The average molecular weight is 445 g/mol. The summed E-state index contributed by atoms with van der Waals surface area (Å²) in [5.74, 6) is 0.247. The van der Waals surface area contributed by atoms with E-state index in [9.17, 15) is 9.59 Å². The van der Waals surface area contributed by atoms with Crippen molar-refractivity contribution in [2.24, 2.45) is 5.41 Å². The first-order valence-corrected chi connectivity index (χ1v) is 12.0. The summed E-state index contributed by atoms with van der Waals surface area (Å²) >= 11 is 7.83. The van der Waals surface area contributed by atoms with Gasteiger partial charge in [0.25, 0.3) is 0 Å². The lowest BCUT2D eigenvalue weighted by atomic mass is 9.90. The van der Waals surface area contributed by atoms with Crippen LogP contribution in [0.5, 0.6) is 0 Å². The van der Waals surface area contributed by atoms with Crippen LogP contribution in [0.3, 0.4) is 0 Å². The molecule has 1 aromatic carbocycles. The summed E-state index contributed by atoms with van der Waals surface area (Å²) in [5.41, 5.74) is 2.90. The van der Waals surface area contributed by atoms with E-state index in [-0.39, 0.29) is 36.3 Å². The molecule has 0 saturated heterocycles.